The van der Waals surface area contributed by atoms with E-state index < -0.39 is 15.4 Å². The average molecular weight is 510 g/mol. The second-order valence-corrected chi connectivity index (χ2v) is 11.7. The van der Waals surface area contributed by atoms with E-state index >= 15 is 0 Å². The highest BCUT2D eigenvalue weighted by atomic mass is 32.2. The maximum atomic E-state index is 13.1. The van der Waals surface area contributed by atoms with E-state index in [1.54, 1.807) is 23.4 Å². The molecule has 5 rings (SSSR count). The highest BCUT2D eigenvalue weighted by Crippen LogP contribution is 2.55. The molecule has 1 spiro atoms. The van der Waals surface area contributed by atoms with Crippen LogP contribution in [0.3, 0.4) is 0 Å². The fraction of sp³-hybridized carbons (Fsp3) is 0.423. The first kappa shape index (κ1) is 24.6. The maximum Gasteiger partial charge on any atom is 0.237 e. The van der Waals surface area contributed by atoms with Crippen LogP contribution in [0, 0.1) is 0 Å². The zero-order chi connectivity index (χ0) is 25.7. The number of pyridine rings is 2. The van der Waals surface area contributed by atoms with Gasteiger partial charge in [0.15, 0.2) is 0 Å². The van der Waals surface area contributed by atoms with Gasteiger partial charge in [0.1, 0.15) is 0 Å². The molecule has 3 aromatic rings. The van der Waals surface area contributed by atoms with E-state index in [4.69, 9.17) is 4.74 Å². The number of nitrogens with zero attached hydrogens (tertiary/aromatic N) is 4. The number of rotatable bonds is 8. The quantitative estimate of drug-likeness (QED) is 0.465. The lowest BCUT2D eigenvalue weighted by atomic mass is 9.64. The van der Waals surface area contributed by atoms with Gasteiger partial charge in [0.2, 0.25) is 15.9 Å². The molecular weight excluding hydrogens is 478 g/mol. The molecule has 1 fully saturated rings. The Morgan fingerprint density at radius 3 is 2.58 bits per heavy atom. The van der Waals surface area contributed by atoms with Crippen LogP contribution >= 0.6 is 0 Å². The van der Waals surface area contributed by atoms with Crippen LogP contribution in [0.5, 0.6) is 0 Å². The van der Waals surface area contributed by atoms with Crippen molar-refractivity contribution in [3.63, 3.8) is 0 Å². The number of aromatic nitrogens is 2. The van der Waals surface area contributed by atoms with Crippen molar-refractivity contribution in [3.05, 3.63) is 47.9 Å². The summed E-state index contributed by atoms with van der Waals surface area (Å²) in [5.41, 5.74) is 4.85. The fourth-order valence-electron chi connectivity index (χ4n) is 5.12. The third-order valence-electron chi connectivity index (χ3n) is 7.13. The molecule has 3 heterocycles. The molecule has 0 atom stereocenters. The Kier molecular flexibility index (Phi) is 6.22. The predicted molar refractivity (Wildman–Crippen MR) is 141 cm³/mol. The fourth-order valence-corrected chi connectivity index (χ4v) is 5.70. The molecule has 36 heavy (non-hydrogen) atoms. The molecule has 1 aliphatic carbocycles. The molecule has 1 aromatic carbocycles. The van der Waals surface area contributed by atoms with Gasteiger partial charge in [0.05, 0.1) is 53.7 Å². The van der Waals surface area contributed by atoms with Crippen LogP contribution in [-0.2, 0) is 31.6 Å². The lowest BCUT2D eigenvalue weighted by molar-refractivity contribution is -0.125. The van der Waals surface area contributed by atoms with Crippen LogP contribution in [0.4, 0.5) is 11.4 Å². The summed E-state index contributed by atoms with van der Waals surface area (Å²) in [6, 6.07) is 7.72. The van der Waals surface area contributed by atoms with E-state index in [2.05, 4.69) is 14.7 Å². The number of fused-ring (bicyclic) bond motifs is 4. The highest BCUT2D eigenvalue weighted by molar-refractivity contribution is 7.92. The normalized spacial score (nSPS) is 16.6. The largest absolute Gasteiger partial charge is 0.374 e. The third-order valence-corrected chi connectivity index (χ3v) is 7.72. The Balaban J connectivity index is 1.55. The molecule has 1 amide bonds. The molecule has 10 heteroatoms. The topological polar surface area (TPSA) is 105 Å². The lowest BCUT2D eigenvalue weighted by Gasteiger charge is -2.37. The number of benzene rings is 1. The van der Waals surface area contributed by atoms with Crippen molar-refractivity contribution in [1.29, 1.82) is 0 Å². The van der Waals surface area contributed by atoms with E-state index in [0.717, 1.165) is 65.3 Å². The van der Waals surface area contributed by atoms with Gasteiger partial charge < -0.3 is 14.5 Å². The van der Waals surface area contributed by atoms with Crippen molar-refractivity contribution in [2.75, 3.05) is 50.2 Å². The van der Waals surface area contributed by atoms with Crippen LogP contribution in [0.15, 0.2) is 36.7 Å². The summed E-state index contributed by atoms with van der Waals surface area (Å²) in [4.78, 5) is 26.0. The minimum Gasteiger partial charge on any atom is -0.374 e. The predicted octanol–water partition coefficient (Wildman–Crippen LogP) is 3.14. The molecule has 0 saturated heterocycles. The Morgan fingerprint density at radius 2 is 1.92 bits per heavy atom. The monoisotopic (exact) mass is 509 g/mol. The van der Waals surface area contributed by atoms with Gasteiger partial charge in [-0.05, 0) is 50.7 Å². The second-order valence-electron chi connectivity index (χ2n) is 10.00. The van der Waals surface area contributed by atoms with Crippen molar-refractivity contribution in [2.45, 2.75) is 31.3 Å². The van der Waals surface area contributed by atoms with Gasteiger partial charge in [0.25, 0.3) is 0 Å². The summed E-state index contributed by atoms with van der Waals surface area (Å²) in [6.07, 6.45) is 7.37. The summed E-state index contributed by atoms with van der Waals surface area (Å²) in [5.74, 6) is 0.142. The summed E-state index contributed by atoms with van der Waals surface area (Å²) >= 11 is 0. The number of carbonyl (C=O) groups excluding carboxylic acids is 1. The van der Waals surface area contributed by atoms with Crippen LogP contribution in [0.25, 0.3) is 22.0 Å². The standard InChI is InChI=1S/C26H31N5O4S/c1-30(2)10-11-35-16-22-21(29-36(4,33)34)13-18(14-27-22)17-6-7-20-19(12-17)24-23(15-28-20)31(3)25(32)26(24)8-5-9-26/h6-7,12-15,29H,5,8-11,16H2,1-4H3. The smallest absolute Gasteiger partial charge is 0.237 e. The molecular formula is C26H31N5O4S. The third kappa shape index (κ3) is 4.33. The first-order valence-corrected chi connectivity index (χ1v) is 13.9. The van der Waals surface area contributed by atoms with Gasteiger partial charge in [-0.1, -0.05) is 12.5 Å². The molecule has 2 aromatic heterocycles. The molecule has 0 radical (unpaired) electrons. The van der Waals surface area contributed by atoms with Crippen molar-refractivity contribution in [1.82, 2.24) is 14.9 Å². The molecule has 0 bridgehead atoms. The van der Waals surface area contributed by atoms with Gasteiger partial charge in [-0.15, -0.1) is 0 Å². The Morgan fingerprint density at radius 1 is 1.14 bits per heavy atom. The average Bonchev–Trinajstić information content (AvgIpc) is 3.03. The maximum absolute atomic E-state index is 13.1. The van der Waals surface area contributed by atoms with E-state index in [1.165, 1.54) is 0 Å². The van der Waals surface area contributed by atoms with Crippen LogP contribution in [0.1, 0.15) is 30.5 Å². The summed E-state index contributed by atoms with van der Waals surface area (Å²) in [7, 11) is 2.22. The number of ether oxygens (including phenoxy) is 1. The number of hydrogen-bond acceptors (Lipinski definition) is 7. The van der Waals surface area contributed by atoms with Crippen LogP contribution in [0.2, 0.25) is 0 Å². The van der Waals surface area contributed by atoms with Crippen molar-refractivity contribution in [2.24, 2.45) is 0 Å². The molecule has 1 saturated carbocycles. The lowest BCUT2D eigenvalue weighted by Crippen LogP contribution is -2.43. The van der Waals surface area contributed by atoms with Gasteiger partial charge in [-0.25, -0.2) is 8.42 Å². The van der Waals surface area contributed by atoms with Crippen molar-refractivity contribution >= 4 is 38.2 Å². The number of anilines is 2. The summed E-state index contributed by atoms with van der Waals surface area (Å²) in [6.45, 7) is 1.45. The summed E-state index contributed by atoms with van der Waals surface area (Å²) in [5, 5.41) is 0.955. The molecule has 0 unspecified atom stereocenters. The minimum absolute atomic E-state index is 0.142. The van der Waals surface area contributed by atoms with Crippen molar-refractivity contribution < 1.29 is 17.9 Å². The van der Waals surface area contributed by atoms with E-state index in [9.17, 15) is 13.2 Å². The number of hydrogen-bond donors (Lipinski definition) is 1. The highest BCUT2D eigenvalue weighted by Gasteiger charge is 2.54. The first-order valence-electron chi connectivity index (χ1n) is 12.0. The number of likely N-dealkylation sites (N-methyl/N-ethyl adjacent to an activating group) is 2. The number of nitrogens with one attached hydrogen (secondary N) is 1. The number of amides is 1. The Labute approximate surface area is 211 Å². The van der Waals surface area contributed by atoms with Crippen molar-refractivity contribution in [3.8, 4) is 11.1 Å². The Hall–Kier alpha value is -3.08. The van der Waals surface area contributed by atoms with E-state index in [0.29, 0.717) is 18.0 Å². The minimum atomic E-state index is -3.52. The van der Waals surface area contributed by atoms with Gasteiger partial charge in [-0.3, -0.25) is 19.5 Å². The molecule has 2 aliphatic rings. The van der Waals surface area contributed by atoms with E-state index in [-0.39, 0.29) is 12.5 Å². The molecule has 9 nitrogen and oxygen atoms in total. The number of carbonyl (C=O) groups is 1. The van der Waals surface area contributed by atoms with Crippen LogP contribution < -0.4 is 9.62 Å². The van der Waals surface area contributed by atoms with Gasteiger partial charge in [0, 0.05) is 36.3 Å². The molecule has 1 N–H and O–H groups in total. The molecule has 190 valence electrons. The zero-order valence-electron chi connectivity index (χ0n) is 21.0. The summed E-state index contributed by atoms with van der Waals surface area (Å²) < 4.78 is 32.4. The van der Waals surface area contributed by atoms with Gasteiger partial charge >= 0.3 is 0 Å². The molecule has 1 aliphatic heterocycles. The van der Waals surface area contributed by atoms with Crippen LogP contribution in [-0.4, -0.2) is 69.7 Å². The first-order chi connectivity index (χ1) is 17.1. The van der Waals surface area contributed by atoms with E-state index in [1.807, 2.05) is 44.2 Å². The number of sulfonamides is 1. The second kappa shape index (κ2) is 9.10. The van der Waals surface area contributed by atoms with Gasteiger partial charge in [-0.2, -0.15) is 0 Å². The zero-order valence-corrected chi connectivity index (χ0v) is 21.9. The SMILES string of the molecule is CN(C)CCOCc1ncc(-c2ccc3ncc4c(c3c2)C2(CCC2)C(=O)N4C)cc1NS(C)(=O)=O. The Bertz CT molecular complexity index is 1450.